The van der Waals surface area contributed by atoms with Crippen LogP contribution in [0.15, 0.2) is 36.4 Å². The van der Waals surface area contributed by atoms with Gasteiger partial charge in [0.1, 0.15) is 0 Å². The van der Waals surface area contributed by atoms with Gasteiger partial charge in [0.2, 0.25) is 0 Å². The summed E-state index contributed by atoms with van der Waals surface area (Å²) >= 11 is 0. The molecule has 1 rings (SSSR count). The van der Waals surface area contributed by atoms with Crippen molar-refractivity contribution in [1.82, 2.24) is 0 Å². The minimum Gasteiger partial charge on any atom is -0.851 e. The van der Waals surface area contributed by atoms with Crippen molar-refractivity contribution in [2.24, 2.45) is 0 Å². The number of benzene rings is 1. The largest absolute Gasteiger partial charge is 1.00 e. The summed E-state index contributed by atoms with van der Waals surface area (Å²) in [6, 6.07) is 9.78. The van der Waals surface area contributed by atoms with Crippen LogP contribution in [0.3, 0.4) is 0 Å². The molecule has 0 spiro atoms. The third kappa shape index (κ3) is 4.90. The van der Waals surface area contributed by atoms with Crippen LogP contribution < -0.4 is 56.5 Å². The average molecular weight is 172 g/mol. The van der Waals surface area contributed by atoms with E-state index in [1.54, 1.807) is 6.08 Å². The second-order valence-corrected chi connectivity index (χ2v) is 1.98. The van der Waals surface area contributed by atoms with Gasteiger partial charge >= 0.3 is 51.4 Å². The van der Waals surface area contributed by atoms with E-state index < -0.39 is 0 Å². The molecule has 0 radical (unpaired) electrons. The van der Waals surface area contributed by atoms with Crippen LogP contribution in [0.4, 0.5) is 0 Å². The van der Waals surface area contributed by atoms with Crippen LogP contribution in [-0.2, 0) is 0 Å². The standard InChI is InChI=1S/C9H9O.K/c10-8-4-7-9-5-2-1-3-6-9;/h1-7H,8H2;/q-1;+1/b7-4+;. The van der Waals surface area contributed by atoms with Crippen molar-refractivity contribution in [3.05, 3.63) is 42.0 Å². The van der Waals surface area contributed by atoms with Crippen molar-refractivity contribution in [3.8, 4) is 0 Å². The van der Waals surface area contributed by atoms with Crippen LogP contribution in [0.25, 0.3) is 6.08 Å². The molecule has 52 valence electrons. The Balaban J connectivity index is 0.000001000. The van der Waals surface area contributed by atoms with Gasteiger partial charge in [0, 0.05) is 0 Å². The number of hydrogen-bond acceptors (Lipinski definition) is 1. The third-order valence-corrected chi connectivity index (χ3v) is 1.21. The van der Waals surface area contributed by atoms with Crippen LogP contribution in [-0.4, -0.2) is 6.61 Å². The summed E-state index contributed by atoms with van der Waals surface area (Å²) in [5, 5.41) is 10.0. The van der Waals surface area contributed by atoms with Crippen LogP contribution in [0.2, 0.25) is 0 Å². The fourth-order valence-electron chi connectivity index (χ4n) is 0.748. The quantitative estimate of drug-likeness (QED) is 0.476. The van der Waals surface area contributed by atoms with E-state index in [1.165, 1.54) is 0 Å². The topological polar surface area (TPSA) is 23.1 Å². The van der Waals surface area contributed by atoms with Gasteiger partial charge in [0.25, 0.3) is 0 Å². The molecule has 0 aliphatic heterocycles. The first kappa shape index (κ1) is 11.6. The Kier molecular flexibility index (Phi) is 7.58. The van der Waals surface area contributed by atoms with E-state index in [-0.39, 0.29) is 58.0 Å². The van der Waals surface area contributed by atoms with E-state index >= 15 is 0 Å². The Morgan fingerprint density at radius 2 is 1.82 bits per heavy atom. The Morgan fingerprint density at radius 1 is 1.18 bits per heavy atom. The van der Waals surface area contributed by atoms with Gasteiger partial charge in [-0.1, -0.05) is 36.4 Å². The Bertz CT molecular complexity index is 206. The van der Waals surface area contributed by atoms with Gasteiger partial charge in [-0.15, -0.1) is 12.7 Å². The molecule has 0 amide bonds. The minimum absolute atomic E-state index is 0. The van der Waals surface area contributed by atoms with Gasteiger partial charge < -0.3 is 5.11 Å². The van der Waals surface area contributed by atoms with Crippen molar-refractivity contribution >= 4 is 6.08 Å². The maximum Gasteiger partial charge on any atom is 1.00 e. The summed E-state index contributed by atoms with van der Waals surface area (Å²) in [7, 11) is 0. The molecule has 2 heteroatoms. The Hall–Kier alpha value is 0.556. The monoisotopic (exact) mass is 172 g/mol. The predicted octanol–water partition coefficient (Wildman–Crippen LogP) is -1.94. The second kappa shape index (κ2) is 7.22. The molecule has 0 atom stereocenters. The molecule has 0 saturated carbocycles. The molecule has 0 bridgehead atoms. The molecule has 0 aliphatic rings. The summed E-state index contributed by atoms with van der Waals surface area (Å²) in [6.07, 6.45) is 3.43. The molecule has 0 saturated heterocycles. The van der Waals surface area contributed by atoms with E-state index in [0.29, 0.717) is 0 Å². The molecule has 0 aliphatic carbocycles. The smallest absolute Gasteiger partial charge is 0.851 e. The third-order valence-electron chi connectivity index (χ3n) is 1.21. The van der Waals surface area contributed by atoms with Crippen LogP contribution in [0.1, 0.15) is 5.56 Å². The average Bonchev–Trinajstić information content (AvgIpc) is 2.03. The predicted molar refractivity (Wildman–Crippen MR) is 40.3 cm³/mol. The SMILES string of the molecule is [K+].[O-]C/C=C/c1ccccc1. The zero-order chi connectivity index (χ0) is 7.23. The van der Waals surface area contributed by atoms with Crippen molar-refractivity contribution < 1.29 is 56.5 Å². The van der Waals surface area contributed by atoms with Crippen molar-refractivity contribution in [3.63, 3.8) is 0 Å². The van der Waals surface area contributed by atoms with E-state index in [0.717, 1.165) is 5.56 Å². The fourth-order valence-corrected chi connectivity index (χ4v) is 0.748. The summed E-state index contributed by atoms with van der Waals surface area (Å²) in [5.74, 6) is 0. The summed E-state index contributed by atoms with van der Waals surface area (Å²) < 4.78 is 0. The summed E-state index contributed by atoms with van der Waals surface area (Å²) in [5.41, 5.74) is 1.08. The molecular formula is C9H9KO. The molecule has 1 aromatic carbocycles. The van der Waals surface area contributed by atoms with Gasteiger partial charge in [0.15, 0.2) is 0 Å². The molecule has 11 heavy (non-hydrogen) atoms. The van der Waals surface area contributed by atoms with Gasteiger partial charge in [-0.05, 0) is 5.56 Å². The van der Waals surface area contributed by atoms with Gasteiger partial charge in [-0.2, -0.15) is 0 Å². The zero-order valence-electron chi connectivity index (χ0n) is 6.66. The van der Waals surface area contributed by atoms with Crippen LogP contribution in [0, 0.1) is 0 Å². The molecular weight excluding hydrogens is 163 g/mol. The van der Waals surface area contributed by atoms with Gasteiger partial charge in [0.05, 0.1) is 0 Å². The minimum atomic E-state index is -0.144. The zero-order valence-corrected chi connectivity index (χ0v) is 9.78. The summed E-state index contributed by atoms with van der Waals surface area (Å²) in [6.45, 7) is -0.144. The molecule has 0 aromatic heterocycles. The van der Waals surface area contributed by atoms with Gasteiger partial charge in [-0.25, -0.2) is 0 Å². The Labute approximate surface area is 110 Å². The molecule has 0 fully saturated rings. The van der Waals surface area contributed by atoms with Crippen molar-refractivity contribution in [2.45, 2.75) is 0 Å². The first-order valence-corrected chi connectivity index (χ1v) is 3.23. The molecule has 1 aromatic rings. The van der Waals surface area contributed by atoms with Gasteiger partial charge in [-0.3, -0.25) is 0 Å². The maximum atomic E-state index is 10.0. The second-order valence-electron chi connectivity index (χ2n) is 1.98. The first-order chi connectivity index (χ1) is 4.93. The normalized spacial score (nSPS) is 9.55. The molecule has 0 heterocycles. The maximum absolute atomic E-state index is 10.0. The summed E-state index contributed by atoms with van der Waals surface area (Å²) in [4.78, 5) is 0. The van der Waals surface area contributed by atoms with Crippen LogP contribution >= 0.6 is 0 Å². The molecule has 0 N–H and O–H groups in total. The Morgan fingerprint density at radius 3 is 2.36 bits per heavy atom. The van der Waals surface area contributed by atoms with Crippen molar-refractivity contribution in [2.75, 3.05) is 6.61 Å². The van der Waals surface area contributed by atoms with E-state index in [2.05, 4.69) is 0 Å². The first-order valence-electron chi connectivity index (χ1n) is 3.23. The van der Waals surface area contributed by atoms with E-state index in [9.17, 15) is 5.11 Å². The number of rotatable bonds is 2. The fraction of sp³-hybridized carbons (Fsp3) is 0.111. The van der Waals surface area contributed by atoms with E-state index in [4.69, 9.17) is 0 Å². The molecule has 0 unspecified atom stereocenters. The number of hydrogen-bond donors (Lipinski definition) is 0. The molecule has 1 nitrogen and oxygen atoms in total. The van der Waals surface area contributed by atoms with E-state index in [1.807, 2.05) is 36.4 Å². The van der Waals surface area contributed by atoms with Crippen molar-refractivity contribution in [1.29, 1.82) is 0 Å². The van der Waals surface area contributed by atoms with Crippen LogP contribution in [0.5, 0.6) is 0 Å².